The number of carbonyl (C=O) groups is 3. The summed E-state index contributed by atoms with van der Waals surface area (Å²) in [5.74, 6) is -1.17. The molecule has 0 spiro atoms. The highest BCUT2D eigenvalue weighted by Gasteiger charge is 2.33. The van der Waals surface area contributed by atoms with E-state index in [0.29, 0.717) is 42.6 Å². The summed E-state index contributed by atoms with van der Waals surface area (Å²) in [5.41, 5.74) is 1.47. The number of furan rings is 1. The Labute approximate surface area is 201 Å². The van der Waals surface area contributed by atoms with Crippen molar-refractivity contribution in [1.82, 2.24) is 4.90 Å². The number of carbonyl (C=O) groups excluding carboxylic acids is 3. The largest absolute Gasteiger partial charge is 0.466 e. The van der Waals surface area contributed by atoms with Crippen LogP contribution in [0.25, 0.3) is 0 Å². The molecule has 1 amide bonds. The third-order valence-electron chi connectivity index (χ3n) is 5.72. The van der Waals surface area contributed by atoms with E-state index in [0.717, 1.165) is 5.69 Å². The summed E-state index contributed by atoms with van der Waals surface area (Å²) < 4.78 is 20.4. The molecule has 0 radical (unpaired) electrons. The van der Waals surface area contributed by atoms with Gasteiger partial charge in [0.1, 0.15) is 12.4 Å². The summed E-state index contributed by atoms with van der Waals surface area (Å²) in [5, 5.41) is 0.456. The van der Waals surface area contributed by atoms with Crippen LogP contribution >= 0.6 is 11.6 Å². The lowest BCUT2D eigenvalue weighted by atomic mass is 10.1. The van der Waals surface area contributed by atoms with Crippen LogP contribution in [0.3, 0.4) is 0 Å². The molecule has 1 aromatic carbocycles. The molecule has 180 valence electrons. The molecule has 0 bridgehead atoms. The van der Waals surface area contributed by atoms with Gasteiger partial charge in [0.15, 0.2) is 5.76 Å². The first-order valence-electron chi connectivity index (χ1n) is 10.6. The quantitative estimate of drug-likeness (QED) is 0.585. The Balaban J connectivity index is 1.52. The predicted octanol–water partition coefficient (Wildman–Crippen LogP) is 2.29. The van der Waals surface area contributed by atoms with Gasteiger partial charge >= 0.3 is 11.9 Å². The predicted molar refractivity (Wildman–Crippen MR) is 123 cm³/mol. The SMILES string of the molecule is COC(=O)C1=C(C(=O)OC)N(c2ccc(N3CCN(C(=O)c4ccco4)CC3)c(Cl)c2)COC1. The lowest BCUT2D eigenvalue weighted by Gasteiger charge is -2.36. The Morgan fingerprint density at radius 3 is 2.35 bits per heavy atom. The third kappa shape index (κ3) is 4.59. The smallest absolute Gasteiger partial charge is 0.355 e. The van der Waals surface area contributed by atoms with Gasteiger partial charge in [-0.05, 0) is 30.3 Å². The highest BCUT2D eigenvalue weighted by Crippen LogP contribution is 2.34. The Bertz CT molecular complexity index is 1110. The molecule has 1 saturated heterocycles. The molecule has 0 unspecified atom stereocenters. The van der Waals surface area contributed by atoms with Crippen LogP contribution in [0.15, 0.2) is 52.3 Å². The lowest BCUT2D eigenvalue weighted by molar-refractivity contribution is -0.140. The monoisotopic (exact) mass is 489 g/mol. The number of ether oxygens (including phenoxy) is 3. The van der Waals surface area contributed by atoms with E-state index in [1.165, 1.54) is 25.4 Å². The summed E-state index contributed by atoms with van der Waals surface area (Å²) >= 11 is 6.62. The number of nitrogens with zero attached hydrogens (tertiary/aromatic N) is 3. The van der Waals surface area contributed by atoms with E-state index < -0.39 is 11.9 Å². The number of esters is 2. The Kier molecular flexibility index (Phi) is 7.09. The fourth-order valence-corrected chi connectivity index (χ4v) is 4.27. The highest BCUT2D eigenvalue weighted by molar-refractivity contribution is 6.33. The number of halogens is 1. The zero-order valence-electron chi connectivity index (χ0n) is 18.8. The van der Waals surface area contributed by atoms with Gasteiger partial charge in [-0.3, -0.25) is 4.79 Å². The summed E-state index contributed by atoms with van der Waals surface area (Å²) in [4.78, 5) is 42.5. The molecule has 2 aliphatic rings. The fraction of sp³-hybridized carbons (Fsp3) is 0.348. The fourth-order valence-electron chi connectivity index (χ4n) is 3.97. The summed E-state index contributed by atoms with van der Waals surface area (Å²) in [6, 6.07) is 8.66. The number of hydrogen-bond acceptors (Lipinski definition) is 9. The number of hydrogen-bond donors (Lipinski definition) is 0. The standard InChI is InChI=1S/C23H24ClN3O7/c1-31-22(29)16-13-33-14-27(20(16)23(30)32-2)15-5-6-18(17(24)12-15)25-7-9-26(10-8-25)21(28)19-4-3-11-34-19/h3-6,11-12H,7-10,13-14H2,1-2H3. The molecule has 4 rings (SSSR count). The first-order chi connectivity index (χ1) is 16.4. The molecule has 0 N–H and O–H groups in total. The Morgan fingerprint density at radius 1 is 1.00 bits per heavy atom. The molecule has 34 heavy (non-hydrogen) atoms. The van der Waals surface area contributed by atoms with Gasteiger partial charge in [-0.25, -0.2) is 9.59 Å². The molecule has 1 fully saturated rings. The first-order valence-corrected chi connectivity index (χ1v) is 10.9. The van der Waals surface area contributed by atoms with E-state index in [-0.39, 0.29) is 30.5 Å². The van der Waals surface area contributed by atoms with E-state index in [1.807, 2.05) is 6.07 Å². The van der Waals surface area contributed by atoms with Gasteiger partial charge < -0.3 is 33.3 Å². The summed E-state index contributed by atoms with van der Waals surface area (Å²) in [6.45, 7) is 2.20. The van der Waals surface area contributed by atoms with Gasteiger partial charge in [-0.2, -0.15) is 0 Å². The van der Waals surface area contributed by atoms with Crippen LogP contribution in [0.2, 0.25) is 5.02 Å². The number of piperazine rings is 1. The van der Waals surface area contributed by atoms with Crippen LogP contribution in [0.4, 0.5) is 11.4 Å². The van der Waals surface area contributed by atoms with Crippen molar-refractivity contribution in [3.05, 3.63) is 58.6 Å². The van der Waals surface area contributed by atoms with E-state index in [1.54, 1.807) is 29.2 Å². The number of rotatable bonds is 5. The number of anilines is 2. The molecule has 11 heteroatoms. The summed E-state index contributed by atoms with van der Waals surface area (Å²) in [6.07, 6.45) is 1.48. The van der Waals surface area contributed by atoms with Crippen molar-refractivity contribution in [2.24, 2.45) is 0 Å². The van der Waals surface area contributed by atoms with Gasteiger partial charge in [0.2, 0.25) is 0 Å². The second-order valence-corrected chi connectivity index (χ2v) is 8.02. The molecule has 0 aliphatic carbocycles. The average Bonchev–Trinajstić information content (AvgIpc) is 3.42. The van der Waals surface area contributed by atoms with Crippen molar-refractivity contribution in [3.63, 3.8) is 0 Å². The van der Waals surface area contributed by atoms with E-state index in [4.69, 9.17) is 30.2 Å². The molecule has 2 aliphatic heterocycles. The molecule has 0 atom stereocenters. The van der Waals surface area contributed by atoms with Crippen molar-refractivity contribution in [2.45, 2.75) is 0 Å². The maximum atomic E-state index is 12.5. The van der Waals surface area contributed by atoms with Crippen molar-refractivity contribution >= 4 is 40.8 Å². The minimum absolute atomic E-state index is 0.0359. The van der Waals surface area contributed by atoms with Crippen LogP contribution in [-0.4, -0.2) is 76.5 Å². The number of methoxy groups -OCH3 is 2. The van der Waals surface area contributed by atoms with E-state index in [9.17, 15) is 14.4 Å². The minimum atomic E-state index is -0.679. The van der Waals surface area contributed by atoms with Crippen molar-refractivity contribution in [3.8, 4) is 0 Å². The molecule has 1 aromatic heterocycles. The number of benzene rings is 1. The summed E-state index contributed by atoms with van der Waals surface area (Å²) in [7, 11) is 2.47. The van der Waals surface area contributed by atoms with Gasteiger partial charge in [0, 0.05) is 31.9 Å². The van der Waals surface area contributed by atoms with Gasteiger partial charge in [0.25, 0.3) is 5.91 Å². The van der Waals surface area contributed by atoms with Crippen molar-refractivity contribution in [1.29, 1.82) is 0 Å². The maximum Gasteiger partial charge on any atom is 0.355 e. The number of amides is 1. The normalized spacial score (nSPS) is 16.5. The minimum Gasteiger partial charge on any atom is -0.466 e. The molecular formula is C23H24ClN3O7. The second kappa shape index (κ2) is 10.2. The van der Waals surface area contributed by atoms with Gasteiger partial charge in [-0.15, -0.1) is 0 Å². The zero-order chi connectivity index (χ0) is 24.2. The third-order valence-corrected chi connectivity index (χ3v) is 6.02. The van der Waals surface area contributed by atoms with Crippen LogP contribution in [0.5, 0.6) is 0 Å². The molecule has 3 heterocycles. The second-order valence-electron chi connectivity index (χ2n) is 7.61. The Hall–Kier alpha value is -3.50. The van der Waals surface area contributed by atoms with Crippen LogP contribution in [0.1, 0.15) is 10.6 Å². The molecule has 2 aromatic rings. The zero-order valence-corrected chi connectivity index (χ0v) is 19.5. The van der Waals surface area contributed by atoms with Crippen LogP contribution in [-0.2, 0) is 23.8 Å². The highest BCUT2D eigenvalue weighted by atomic mass is 35.5. The van der Waals surface area contributed by atoms with Crippen LogP contribution in [0, 0.1) is 0 Å². The molecular weight excluding hydrogens is 466 g/mol. The van der Waals surface area contributed by atoms with Gasteiger partial charge in [-0.1, -0.05) is 11.6 Å². The Morgan fingerprint density at radius 2 is 1.74 bits per heavy atom. The van der Waals surface area contributed by atoms with E-state index in [2.05, 4.69) is 4.90 Å². The molecule has 0 saturated carbocycles. The van der Waals surface area contributed by atoms with Crippen LogP contribution < -0.4 is 9.80 Å². The topological polar surface area (TPSA) is 102 Å². The van der Waals surface area contributed by atoms with E-state index >= 15 is 0 Å². The molecule has 10 nitrogen and oxygen atoms in total. The van der Waals surface area contributed by atoms with Gasteiger partial charge in [0.05, 0.1) is 43.4 Å². The lowest BCUT2D eigenvalue weighted by Crippen LogP contribution is -2.48. The first kappa shape index (κ1) is 23.7. The van der Waals surface area contributed by atoms with Crippen molar-refractivity contribution < 1.29 is 33.0 Å². The maximum absolute atomic E-state index is 12.5. The average molecular weight is 490 g/mol. The van der Waals surface area contributed by atoms with Crippen molar-refractivity contribution in [2.75, 3.05) is 63.5 Å².